The lowest BCUT2D eigenvalue weighted by Gasteiger charge is -2.45. The molecule has 10 nitrogen and oxygen atoms in total. The fourth-order valence-electron chi connectivity index (χ4n) is 6.14. The molecule has 1 saturated heterocycles. The van der Waals surface area contributed by atoms with Crippen molar-refractivity contribution in [1.29, 1.82) is 0 Å². The summed E-state index contributed by atoms with van der Waals surface area (Å²) >= 11 is 0. The number of phenols is 1. The molecule has 0 bridgehead atoms. The van der Waals surface area contributed by atoms with Crippen LogP contribution in [0.2, 0.25) is 0 Å². The molecular weight excluding hydrogens is 616 g/mol. The number of hydrogen-bond donors (Lipinski definition) is 1. The summed E-state index contributed by atoms with van der Waals surface area (Å²) in [6.07, 6.45) is 3.67. The summed E-state index contributed by atoms with van der Waals surface area (Å²) in [5.41, 5.74) is -0.986. The van der Waals surface area contributed by atoms with Gasteiger partial charge in [-0.05, 0) is 62.6 Å². The number of phenolic OH excluding ortho intramolecular Hbond substituents is 1. The van der Waals surface area contributed by atoms with Crippen molar-refractivity contribution in [1.82, 2.24) is 19.4 Å². The quantitative estimate of drug-likeness (QED) is 0.293. The molecule has 0 spiro atoms. The molecule has 4 aromatic rings. The first-order chi connectivity index (χ1) is 21.6. The molecule has 1 N–H and O–H groups in total. The number of aryl methyl sites for hydroxylation is 1. The number of halogens is 2. The highest BCUT2D eigenvalue weighted by Gasteiger charge is 2.38. The largest absolute Gasteiger partial charge is 0.507 e. The van der Waals surface area contributed by atoms with Gasteiger partial charge in [0.2, 0.25) is 5.91 Å². The van der Waals surface area contributed by atoms with Crippen LogP contribution in [0.5, 0.6) is 5.75 Å². The number of nitrogens with zero attached hydrogens (tertiary/aromatic N) is 5. The maximum atomic E-state index is 16.2. The summed E-state index contributed by atoms with van der Waals surface area (Å²) in [5.74, 6) is -3.10. The molecule has 1 aliphatic heterocycles. The number of rotatable bonds is 6. The van der Waals surface area contributed by atoms with Gasteiger partial charge >= 0.3 is 0 Å². The third-order valence-electron chi connectivity index (χ3n) is 8.29. The van der Waals surface area contributed by atoms with Crippen LogP contribution in [0.15, 0.2) is 58.9 Å². The fraction of sp³-hybridized carbons (Fsp3) is 0.333. The van der Waals surface area contributed by atoms with Gasteiger partial charge in [0.15, 0.2) is 26.2 Å². The lowest BCUT2D eigenvalue weighted by molar-refractivity contribution is -0.128. The summed E-state index contributed by atoms with van der Waals surface area (Å²) in [6.45, 7) is 12.8. The minimum atomic E-state index is -4.29. The maximum Gasteiger partial charge on any atom is 0.277 e. The van der Waals surface area contributed by atoms with E-state index in [0.717, 1.165) is 23.0 Å². The Morgan fingerprint density at radius 1 is 1.11 bits per heavy atom. The molecule has 0 radical (unpaired) electrons. The van der Waals surface area contributed by atoms with Gasteiger partial charge in [-0.3, -0.25) is 19.1 Å². The molecule has 0 unspecified atom stereocenters. The van der Waals surface area contributed by atoms with Gasteiger partial charge in [-0.15, -0.1) is 0 Å². The Morgan fingerprint density at radius 2 is 1.80 bits per heavy atom. The van der Waals surface area contributed by atoms with Gasteiger partial charge in [0, 0.05) is 43.0 Å². The smallest absolute Gasteiger partial charge is 0.277 e. The number of hydrogen-bond acceptors (Lipinski definition) is 8. The van der Waals surface area contributed by atoms with E-state index in [0.29, 0.717) is 11.3 Å². The zero-order valence-electron chi connectivity index (χ0n) is 26.4. The van der Waals surface area contributed by atoms with Crippen LogP contribution in [-0.4, -0.2) is 70.3 Å². The fourth-order valence-corrected chi connectivity index (χ4v) is 7.13. The number of anilines is 1. The van der Waals surface area contributed by atoms with Crippen molar-refractivity contribution < 1.29 is 27.1 Å². The van der Waals surface area contributed by atoms with Crippen molar-refractivity contribution in [2.45, 2.75) is 57.5 Å². The molecule has 1 aliphatic rings. The van der Waals surface area contributed by atoms with Crippen molar-refractivity contribution in [2.24, 2.45) is 0 Å². The van der Waals surface area contributed by atoms with E-state index in [-0.39, 0.29) is 47.3 Å². The van der Waals surface area contributed by atoms with Crippen molar-refractivity contribution in [3.63, 3.8) is 0 Å². The van der Waals surface area contributed by atoms with Crippen molar-refractivity contribution >= 4 is 32.5 Å². The molecule has 0 saturated carbocycles. The summed E-state index contributed by atoms with van der Waals surface area (Å²) in [4.78, 5) is 38.9. The van der Waals surface area contributed by atoms with Crippen LogP contribution >= 0.6 is 0 Å². The first-order valence-electron chi connectivity index (χ1n) is 14.7. The van der Waals surface area contributed by atoms with Crippen LogP contribution in [0.1, 0.15) is 44.9 Å². The predicted octanol–water partition coefficient (Wildman–Crippen LogP) is 4.88. The van der Waals surface area contributed by atoms with E-state index >= 15 is 8.78 Å². The van der Waals surface area contributed by atoms with Gasteiger partial charge in [0.25, 0.3) is 5.56 Å². The first kappa shape index (κ1) is 32.7. The summed E-state index contributed by atoms with van der Waals surface area (Å²) in [6, 6.07) is 5.19. The molecule has 242 valence electrons. The predicted molar refractivity (Wildman–Crippen MR) is 172 cm³/mol. The van der Waals surface area contributed by atoms with Crippen LogP contribution in [0, 0.1) is 18.6 Å². The van der Waals surface area contributed by atoms with E-state index in [9.17, 15) is 23.1 Å². The normalized spacial score (nSPS) is 17.2. The van der Waals surface area contributed by atoms with Gasteiger partial charge in [-0.1, -0.05) is 26.5 Å². The van der Waals surface area contributed by atoms with Crippen molar-refractivity contribution in [3.8, 4) is 22.7 Å². The number of amides is 1. The molecule has 1 amide bonds. The Morgan fingerprint density at radius 3 is 2.41 bits per heavy atom. The summed E-state index contributed by atoms with van der Waals surface area (Å²) in [7, 11) is -4.29. The molecule has 13 heteroatoms. The van der Waals surface area contributed by atoms with E-state index in [1.807, 2.05) is 13.8 Å². The summed E-state index contributed by atoms with van der Waals surface area (Å²) in [5, 5.41) is 10.5. The van der Waals surface area contributed by atoms with Crippen LogP contribution < -0.4 is 10.5 Å². The van der Waals surface area contributed by atoms with Gasteiger partial charge in [0.05, 0.1) is 22.6 Å². The highest BCUT2D eigenvalue weighted by molar-refractivity contribution is 7.90. The molecule has 2 atom stereocenters. The number of aromatic hydroxyl groups is 1. The average Bonchev–Trinajstić information content (AvgIpc) is 2.97. The van der Waals surface area contributed by atoms with E-state index < -0.39 is 61.0 Å². The highest BCUT2D eigenvalue weighted by Crippen LogP contribution is 2.40. The minimum absolute atomic E-state index is 0.0300. The van der Waals surface area contributed by atoms with E-state index in [1.54, 1.807) is 42.8 Å². The van der Waals surface area contributed by atoms with E-state index in [2.05, 4.69) is 16.5 Å². The molecule has 46 heavy (non-hydrogen) atoms. The van der Waals surface area contributed by atoms with E-state index in [1.165, 1.54) is 18.2 Å². The number of aromatic nitrogens is 3. The van der Waals surface area contributed by atoms with Gasteiger partial charge < -0.3 is 14.9 Å². The Bertz CT molecular complexity index is 2060. The molecule has 1 aromatic carbocycles. The average molecular weight is 652 g/mol. The highest BCUT2D eigenvalue weighted by atomic mass is 32.2. The minimum Gasteiger partial charge on any atom is -0.507 e. The molecule has 3 aromatic heterocycles. The van der Waals surface area contributed by atoms with E-state index in [4.69, 9.17) is 0 Å². The third-order valence-corrected chi connectivity index (χ3v) is 9.40. The second kappa shape index (κ2) is 11.9. The second-order valence-corrected chi connectivity index (χ2v) is 13.9. The number of carbonyl (C=O) groups excluding carboxylic acids is 1. The van der Waals surface area contributed by atoms with Gasteiger partial charge in [0.1, 0.15) is 17.3 Å². The Labute approximate surface area is 265 Å². The van der Waals surface area contributed by atoms with Crippen LogP contribution in [0.25, 0.3) is 28.0 Å². The first-order valence-corrected chi connectivity index (χ1v) is 16.6. The number of carbonyl (C=O) groups is 1. The number of piperazine rings is 1. The molecular formula is C33H35F2N5O5S. The topological polar surface area (TPSA) is 126 Å². The third kappa shape index (κ3) is 5.42. The van der Waals surface area contributed by atoms with Crippen molar-refractivity contribution in [3.05, 3.63) is 82.4 Å². The number of fused-ring (bicyclic) bond motifs is 1. The van der Waals surface area contributed by atoms with Crippen LogP contribution in [0.4, 0.5) is 14.5 Å². The van der Waals surface area contributed by atoms with Crippen LogP contribution in [0.3, 0.4) is 0 Å². The molecule has 5 rings (SSSR count). The number of pyridine rings is 3. The molecule has 0 aliphatic carbocycles. The Balaban J connectivity index is 2.00. The molecule has 4 heterocycles. The number of benzene rings is 1. The second-order valence-electron chi connectivity index (χ2n) is 12.0. The Hall–Kier alpha value is -4.65. The van der Waals surface area contributed by atoms with Crippen molar-refractivity contribution in [2.75, 3.05) is 24.2 Å². The van der Waals surface area contributed by atoms with Gasteiger partial charge in [-0.2, -0.15) is 0 Å². The Kier molecular flexibility index (Phi) is 8.49. The zero-order valence-corrected chi connectivity index (χ0v) is 27.2. The number of sulfone groups is 1. The molecule has 1 fully saturated rings. The lowest BCUT2D eigenvalue weighted by atomic mass is 10.0. The monoisotopic (exact) mass is 651 g/mol. The van der Waals surface area contributed by atoms with Gasteiger partial charge in [-0.25, -0.2) is 22.2 Å². The standard InChI is InChI=1S/C33H35F2N5O5S/c1-8-25(42)38-15-20(6)39(16-19(38)5)30-21-14-23(35)28(26-22(34)10-9-11-24(26)41)37-32(21)40(33(43)31(30)46(7,44)45)29-18(4)12-13-36-27(29)17(2)3/h8-14,17,19-20,41H,1,15-16H2,2-7H3/t19-,20+/m1/s1. The SMILES string of the molecule is C=CC(=O)N1C[C@H](C)N(c2c(S(C)(=O)=O)c(=O)n(-c3c(C)ccnc3C(C)C)c3nc(-c4c(O)cccc4F)c(F)cc23)C[C@H]1C. The zero-order chi connectivity index (χ0) is 33.8. The maximum absolute atomic E-state index is 16.2. The lowest BCUT2D eigenvalue weighted by Crippen LogP contribution is -2.58. The summed E-state index contributed by atoms with van der Waals surface area (Å²) < 4.78 is 59.5. The van der Waals surface area contributed by atoms with Crippen LogP contribution in [-0.2, 0) is 14.6 Å².